The number of carbonyl (C=O) groups is 1. The summed E-state index contributed by atoms with van der Waals surface area (Å²) in [5.41, 5.74) is 0. The molecule has 0 aliphatic heterocycles. The first-order valence-corrected chi connectivity index (χ1v) is 5.92. The van der Waals surface area contributed by atoms with Gasteiger partial charge in [-0.1, -0.05) is 13.8 Å². The minimum atomic E-state index is -0.327. The van der Waals surface area contributed by atoms with Crippen LogP contribution in [0.15, 0.2) is 22.6 Å². The standard InChI is InChI=1S/C14H20O3/c1-10(2)9-12(4)17-14(15)8-7-13-6-5-11(3)16-13/h5-8,10,12H,9H2,1-4H3. The molecule has 1 aromatic heterocycles. The van der Waals surface area contributed by atoms with E-state index in [9.17, 15) is 4.79 Å². The molecule has 0 saturated heterocycles. The van der Waals surface area contributed by atoms with Gasteiger partial charge in [0.15, 0.2) is 0 Å². The van der Waals surface area contributed by atoms with Crippen molar-refractivity contribution in [3.63, 3.8) is 0 Å². The number of furan rings is 1. The van der Waals surface area contributed by atoms with Crippen molar-refractivity contribution in [3.05, 3.63) is 29.7 Å². The molecule has 3 nitrogen and oxygen atoms in total. The summed E-state index contributed by atoms with van der Waals surface area (Å²) in [5.74, 6) is 1.68. The monoisotopic (exact) mass is 236 g/mol. The molecule has 0 fully saturated rings. The average Bonchev–Trinajstić information content (AvgIpc) is 2.59. The van der Waals surface area contributed by atoms with Crippen molar-refractivity contribution in [1.82, 2.24) is 0 Å². The largest absolute Gasteiger partial charge is 0.462 e. The van der Waals surface area contributed by atoms with Crippen LogP contribution in [0.4, 0.5) is 0 Å². The van der Waals surface area contributed by atoms with Gasteiger partial charge in [0, 0.05) is 6.08 Å². The lowest BCUT2D eigenvalue weighted by Gasteiger charge is -2.13. The Labute approximate surface area is 102 Å². The molecule has 0 spiro atoms. The Morgan fingerprint density at radius 1 is 1.41 bits per heavy atom. The van der Waals surface area contributed by atoms with Gasteiger partial charge in [-0.15, -0.1) is 0 Å². The van der Waals surface area contributed by atoms with E-state index in [0.29, 0.717) is 11.7 Å². The SMILES string of the molecule is Cc1ccc(C=CC(=O)OC(C)CC(C)C)o1. The molecule has 1 aromatic rings. The molecule has 0 N–H and O–H groups in total. The Morgan fingerprint density at radius 3 is 2.65 bits per heavy atom. The minimum Gasteiger partial charge on any atom is -0.462 e. The summed E-state index contributed by atoms with van der Waals surface area (Å²) in [6, 6.07) is 3.67. The molecule has 94 valence electrons. The molecule has 0 aliphatic rings. The second kappa shape index (κ2) is 6.28. The molecule has 0 bridgehead atoms. The number of hydrogen-bond donors (Lipinski definition) is 0. The summed E-state index contributed by atoms with van der Waals surface area (Å²) in [4.78, 5) is 11.5. The van der Waals surface area contributed by atoms with Crippen LogP contribution < -0.4 is 0 Å². The van der Waals surface area contributed by atoms with Crippen LogP contribution in [0.1, 0.15) is 38.7 Å². The fourth-order valence-corrected chi connectivity index (χ4v) is 1.64. The van der Waals surface area contributed by atoms with Gasteiger partial charge in [-0.2, -0.15) is 0 Å². The molecule has 17 heavy (non-hydrogen) atoms. The van der Waals surface area contributed by atoms with Gasteiger partial charge in [-0.05, 0) is 44.4 Å². The lowest BCUT2D eigenvalue weighted by Crippen LogP contribution is -2.15. The van der Waals surface area contributed by atoms with Crippen LogP contribution in [0.5, 0.6) is 0 Å². The Balaban J connectivity index is 2.41. The maximum atomic E-state index is 11.5. The van der Waals surface area contributed by atoms with Gasteiger partial charge in [0.2, 0.25) is 0 Å². The molecule has 0 saturated carbocycles. The number of aryl methyl sites for hydroxylation is 1. The van der Waals surface area contributed by atoms with Crippen LogP contribution in [-0.4, -0.2) is 12.1 Å². The number of esters is 1. The summed E-state index contributed by atoms with van der Waals surface area (Å²) in [5, 5.41) is 0. The molecule has 0 aromatic carbocycles. The van der Waals surface area contributed by atoms with Gasteiger partial charge in [0.1, 0.15) is 11.5 Å². The molecule has 1 rings (SSSR count). The van der Waals surface area contributed by atoms with Crippen molar-refractivity contribution >= 4 is 12.0 Å². The first-order chi connectivity index (χ1) is 7.97. The first-order valence-electron chi connectivity index (χ1n) is 5.92. The first kappa shape index (κ1) is 13.6. The Kier molecular flexibility index (Phi) is 5.01. The highest BCUT2D eigenvalue weighted by molar-refractivity contribution is 5.86. The Bertz CT molecular complexity index is 388. The topological polar surface area (TPSA) is 39.4 Å². The molecule has 3 heteroatoms. The van der Waals surface area contributed by atoms with Crippen LogP contribution in [-0.2, 0) is 9.53 Å². The van der Waals surface area contributed by atoms with Gasteiger partial charge in [0.05, 0.1) is 6.10 Å². The number of carbonyl (C=O) groups excluding carboxylic acids is 1. The van der Waals surface area contributed by atoms with Crippen molar-refractivity contribution in [1.29, 1.82) is 0 Å². The zero-order valence-electron chi connectivity index (χ0n) is 10.9. The molecule has 0 aliphatic carbocycles. The summed E-state index contributed by atoms with van der Waals surface area (Å²) in [6.45, 7) is 7.97. The van der Waals surface area contributed by atoms with E-state index in [2.05, 4.69) is 13.8 Å². The predicted molar refractivity (Wildman–Crippen MR) is 67.5 cm³/mol. The van der Waals surface area contributed by atoms with Crippen LogP contribution >= 0.6 is 0 Å². The van der Waals surface area contributed by atoms with E-state index >= 15 is 0 Å². The molecular formula is C14H20O3. The summed E-state index contributed by atoms with van der Waals surface area (Å²) >= 11 is 0. The van der Waals surface area contributed by atoms with Crippen LogP contribution in [0.2, 0.25) is 0 Å². The molecular weight excluding hydrogens is 216 g/mol. The summed E-state index contributed by atoms with van der Waals surface area (Å²) < 4.78 is 10.5. The average molecular weight is 236 g/mol. The predicted octanol–water partition coefficient (Wildman–Crippen LogP) is 3.58. The second-order valence-electron chi connectivity index (χ2n) is 4.66. The summed E-state index contributed by atoms with van der Waals surface area (Å²) in [6.07, 6.45) is 3.84. The van der Waals surface area contributed by atoms with Crippen molar-refractivity contribution in [2.45, 2.75) is 40.2 Å². The third-order valence-electron chi connectivity index (χ3n) is 2.27. The number of rotatable bonds is 5. The van der Waals surface area contributed by atoms with Crippen LogP contribution in [0, 0.1) is 12.8 Å². The third-order valence-corrected chi connectivity index (χ3v) is 2.27. The van der Waals surface area contributed by atoms with E-state index in [0.717, 1.165) is 12.2 Å². The Hall–Kier alpha value is -1.51. The van der Waals surface area contributed by atoms with E-state index in [4.69, 9.17) is 9.15 Å². The second-order valence-corrected chi connectivity index (χ2v) is 4.66. The van der Waals surface area contributed by atoms with Gasteiger partial charge >= 0.3 is 5.97 Å². The minimum absolute atomic E-state index is 0.0505. The summed E-state index contributed by atoms with van der Waals surface area (Å²) in [7, 11) is 0. The highest BCUT2D eigenvalue weighted by Gasteiger charge is 2.08. The van der Waals surface area contributed by atoms with Gasteiger partial charge in [0.25, 0.3) is 0 Å². The smallest absolute Gasteiger partial charge is 0.331 e. The van der Waals surface area contributed by atoms with Crippen LogP contribution in [0.25, 0.3) is 6.08 Å². The van der Waals surface area contributed by atoms with E-state index in [1.807, 2.05) is 26.0 Å². The maximum absolute atomic E-state index is 11.5. The van der Waals surface area contributed by atoms with Crippen LogP contribution in [0.3, 0.4) is 0 Å². The lowest BCUT2D eigenvalue weighted by atomic mass is 10.1. The Morgan fingerprint density at radius 2 is 2.12 bits per heavy atom. The molecule has 1 heterocycles. The van der Waals surface area contributed by atoms with E-state index in [1.165, 1.54) is 6.08 Å². The van der Waals surface area contributed by atoms with E-state index in [1.54, 1.807) is 6.08 Å². The fraction of sp³-hybridized carbons (Fsp3) is 0.500. The third kappa shape index (κ3) is 5.38. The van der Waals surface area contributed by atoms with Gasteiger partial charge in [-0.25, -0.2) is 4.79 Å². The van der Waals surface area contributed by atoms with Crippen molar-refractivity contribution in [2.24, 2.45) is 5.92 Å². The molecule has 1 unspecified atom stereocenters. The van der Waals surface area contributed by atoms with Crippen molar-refractivity contribution in [2.75, 3.05) is 0 Å². The van der Waals surface area contributed by atoms with Gasteiger partial charge < -0.3 is 9.15 Å². The maximum Gasteiger partial charge on any atom is 0.331 e. The highest BCUT2D eigenvalue weighted by Crippen LogP contribution is 2.10. The van der Waals surface area contributed by atoms with Gasteiger partial charge in [-0.3, -0.25) is 0 Å². The molecule has 0 radical (unpaired) electrons. The number of hydrogen-bond acceptors (Lipinski definition) is 3. The number of ether oxygens (including phenoxy) is 1. The molecule has 1 atom stereocenters. The molecule has 0 amide bonds. The fourth-order valence-electron chi connectivity index (χ4n) is 1.64. The van der Waals surface area contributed by atoms with Crippen molar-refractivity contribution in [3.8, 4) is 0 Å². The zero-order valence-corrected chi connectivity index (χ0v) is 10.9. The van der Waals surface area contributed by atoms with Crippen molar-refractivity contribution < 1.29 is 13.9 Å². The van der Waals surface area contributed by atoms with E-state index in [-0.39, 0.29) is 12.1 Å². The van der Waals surface area contributed by atoms with E-state index < -0.39 is 0 Å². The normalized spacial score (nSPS) is 13.2. The zero-order chi connectivity index (χ0) is 12.8. The quantitative estimate of drug-likeness (QED) is 0.579. The lowest BCUT2D eigenvalue weighted by molar-refractivity contribution is -0.142. The highest BCUT2D eigenvalue weighted by atomic mass is 16.5.